The third-order valence-corrected chi connectivity index (χ3v) is 3.66. The lowest BCUT2D eigenvalue weighted by atomic mass is 10.2. The minimum atomic E-state index is -0.293. The predicted molar refractivity (Wildman–Crippen MR) is 70.1 cm³/mol. The number of aldehydes is 1. The monoisotopic (exact) mass is 278 g/mol. The van der Waals surface area contributed by atoms with Crippen LogP contribution in [0.4, 0.5) is 4.39 Å². The number of nitrogens with zero attached hydrogens (tertiary/aromatic N) is 2. The van der Waals surface area contributed by atoms with E-state index in [-0.39, 0.29) is 5.82 Å². The van der Waals surface area contributed by atoms with E-state index in [1.807, 2.05) is 0 Å². The van der Waals surface area contributed by atoms with Crippen molar-refractivity contribution in [1.29, 1.82) is 0 Å². The van der Waals surface area contributed by atoms with Gasteiger partial charge in [0.15, 0.2) is 6.29 Å². The van der Waals surface area contributed by atoms with Gasteiger partial charge in [-0.2, -0.15) is 5.10 Å². The van der Waals surface area contributed by atoms with Crippen LogP contribution in [0.1, 0.15) is 40.4 Å². The summed E-state index contributed by atoms with van der Waals surface area (Å²) in [5.41, 5.74) is 2.01. The smallest absolute Gasteiger partial charge is 0.155 e. The highest BCUT2D eigenvalue weighted by atomic mass is 35.5. The number of aromatic nitrogens is 2. The molecule has 0 spiro atoms. The van der Waals surface area contributed by atoms with E-state index in [1.54, 1.807) is 16.8 Å². The average Bonchev–Trinajstić information content (AvgIpc) is 3.17. The van der Waals surface area contributed by atoms with E-state index in [0.29, 0.717) is 23.2 Å². The summed E-state index contributed by atoms with van der Waals surface area (Å²) in [7, 11) is 0. The Balaban J connectivity index is 1.94. The number of rotatable bonds is 4. The lowest BCUT2D eigenvalue weighted by Gasteiger charge is -2.03. The molecule has 0 amide bonds. The van der Waals surface area contributed by atoms with E-state index in [2.05, 4.69) is 5.10 Å². The standard InChI is InChI=1S/C14H12ClFN2O/c15-14-12(8-19)13(10-4-5-10)17-18(14)7-9-2-1-3-11(16)6-9/h1-3,6,8,10H,4-5,7H2. The molecular weight excluding hydrogens is 267 g/mol. The van der Waals surface area contributed by atoms with Gasteiger partial charge in [0.1, 0.15) is 11.0 Å². The van der Waals surface area contributed by atoms with Crippen molar-refractivity contribution in [2.24, 2.45) is 0 Å². The van der Waals surface area contributed by atoms with Crippen molar-refractivity contribution in [2.75, 3.05) is 0 Å². The molecule has 3 nitrogen and oxygen atoms in total. The molecular formula is C14H12ClFN2O. The maximum absolute atomic E-state index is 13.1. The second-order valence-corrected chi connectivity index (χ2v) is 5.13. The molecule has 3 rings (SSSR count). The summed E-state index contributed by atoms with van der Waals surface area (Å²) in [6.07, 6.45) is 2.85. The first kappa shape index (κ1) is 12.4. The molecule has 5 heteroatoms. The molecule has 2 aromatic rings. The Labute approximate surface area is 115 Å². The van der Waals surface area contributed by atoms with Crippen LogP contribution >= 0.6 is 11.6 Å². The Morgan fingerprint density at radius 2 is 2.26 bits per heavy atom. The van der Waals surface area contributed by atoms with Crippen LogP contribution in [0.2, 0.25) is 5.15 Å². The Hall–Kier alpha value is -1.68. The fourth-order valence-corrected chi connectivity index (χ4v) is 2.39. The largest absolute Gasteiger partial charge is 0.298 e. The maximum Gasteiger partial charge on any atom is 0.155 e. The summed E-state index contributed by atoms with van der Waals surface area (Å²) in [6.45, 7) is 0.365. The molecule has 0 radical (unpaired) electrons. The Kier molecular flexibility index (Phi) is 3.11. The number of carbonyl (C=O) groups is 1. The summed E-state index contributed by atoms with van der Waals surface area (Å²) < 4.78 is 14.7. The zero-order valence-corrected chi connectivity index (χ0v) is 10.9. The zero-order valence-electron chi connectivity index (χ0n) is 10.1. The molecule has 1 fully saturated rings. The van der Waals surface area contributed by atoms with E-state index in [1.165, 1.54) is 12.1 Å². The van der Waals surface area contributed by atoms with Crippen LogP contribution in [0.5, 0.6) is 0 Å². The normalized spacial score (nSPS) is 14.6. The first-order valence-electron chi connectivity index (χ1n) is 6.15. The first-order valence-corrected chi connectivity index (χ1v) is 6.52. The number of benzene rings is 1. The molecule has 0 bridgehead atoms. The van der Waals surface area contributed by atoms with Crippen molar-refractivity contribution in [3.05, 3.63) is 52.1 Å². The van der Waals surface area contributed by atoms with Gasteiger partial charge in [-0.3, -0.25) is 4.79 Å². The highest BCUT2D eigenvalue weighted by molar-refractivity contribution is 6.32. The van der Waals surface area contributed by atoms with Crippen LogP contribution in [-0.4, -0.2) is 16.1 Å². The zero-order chi connectivity index (χ0) is 13.4. The molecule has 1 aromatic carbocycles. The van der Waals surface area contributed by atoms with Gasteiger partial charge in [0, 0.05) is 5.92 Å². The fraction of sp³-hybridized carbons (Fsp3) is 0.286. The van der Waals surface area contributed by atoms with Crippen molar-refractivity contribution >= 4 is 17.9 Å². The van der Waals surface area contributed by atoms with E-state index >= 15 is 0 Å². The second-order valence-electron chi connectivity index (χ2n) is 4.77. The van der Waals surface area contributed by atoms with Crippen LogP contribution in [0.15, 0.2) is 24.3 Å². The number of hydrogen-bond donors (Lipinski definition) is 0. The molecule has 1 aliphatic rings. The van der Waals surface area contributed by atoms with E-state index in [4.69, 9.17) is 11.6 Å². The van der Waals surface area contributed by atoms with Crippen molar-refractivity contribution in [3.63, 3.8) is 0 Å². The predicted octanol–water partition coefficient (Wildman–Crippen LogP) is 3.41. The summed E-state index contributed by atoms with van der Waals surface area (Å²) in [6, 6.07) is 6.28. The Morgan fingerprint density at radius 3 is 2.89 bits per heavy atom. The van der Waals surface area contributed by atoms with Crippen molar-refractivity contribution in [3.8, 4) is 0 Å². The van der Waals surface area contributed by atoms with Crippen LogP contribution in [0.25, 0.3) is 0 Å². The van der Waals surface area contributed by atoms with E-state index in [9.17, 15) is 9.18 Å². The summed E-state index contributed by atoms with van der Waals surface area (Å²) in [4.78, 5) is 11.1. The Morgan fingerprint density at radius 1 is 1.47 bits per heavy atom. The summed E-state index contributed by atoms with van der Waals surface area (Å²) in [5.74, 6) is 0.0604. The van der Waals surface area contributed by atoms with Gasteiger partial charge in [0.25, 0.3) is 0 Å². The first-order chi connectivity index (χ1) is 9.19. The SMILES string of the molecule is O=Cc1c(C2CC2)nn(Cc2cccc(F)c2)c1Cl. The third-order valence-electron chi connectivity index (χ3n) is 3.26. The summed E-state index contributed by atoms with van der Waals surface area (Å²) >= 11 is 6.17. The molecule has 1 heterocycles. The minimum absolute atomic E-state index is 0.293. The quantitative estimate of drug-likeness (QED) is 0.803. The van der Waals surface area contributed by atoms with E-state index in [0.717, 1.165) is 30.4 Å². The highest BCUT2D eigenvalue weighted by Crippen LogP contribution is 2.42. The highest BCUT2D eigenvalue weighted by Gasteiger charge is 2.31. The van der Waals surface area contributed by atoms with Gasteiger partial charge >= 0.3 is 0 Å². The third kappa shape index (κ3) is 2.40. The molecule has 0 unspecified atom stereocenters. The van der Waals surface area contributed by atoms with Gasteiger partial charge in [-0.05, 0) is 30.5 Å². The molecule has 0 aliphatic heterocycles. The van der Waals surface area contributed by atoms with Gasteiger partial charge in [0.05, 0.1) is 17.8 Å². The van der Waals surface area contributed by atoms with Crippen LogP contribution < -0.4 is 0 Å². The lowest BCUT2D eigenvalue weighted by Crippen LogP contribution is -2.02. The van der Waals surface area contributed by atoms with Crippen LogP contribution in [0, 0.1) is 5.82 Å². The Bertz CT molecular complexity index is 634. The topological polar surface area (TPSA) is 34.9 Å². The number of hydrogen-bond acceptors (Lipinski definition) is 2. The average molecular weight is 279 g/mol. The van der Waals surface area contributed by atoms with E-state index < -0.39 is 0 Å². The minimum Gasteiger partial charge on any atom is -0.298 e. The molecule has 0 saturated heterocycles. The molecule has 1 saturated carbocycles. The van der Waals surface area contributed by atoms with Crippen molar-refractivity contribution in [2.45, 2.75) is 25.3 Å². The van der Waals surface area contributed by atoms with Crippen LogP contribution in [0.3, 0.4) is 0 Å². The number of halogens is 2. The molecule has 1 aliphatic carbocycles. The van der Waals surface area contributed by atoms with Gasteiger partial charge in [0.2, 0.25) is 0 Å². The summed E-state index contributed by atoms with van der Waals surface area (Å²) in [5, 5.41) is 4.73. The number of carbonyl (C=O) groups excluding carboxylic acids is 1. The maximum atomic E-state index is 13.1. The second kappa shape index (κ2) is 4.78. The molecule has 0 N–H and O–H groups in total. The fourth-order valence-electron chi connectivity index (χ4n) is 2.15. The van der Waals surface area contributed by atoms with Gasteiger partial charge in [-0.1, -0.05) is 23.7 Å². The lowest BCUT2D eigenvalue weighted by molar-refractivity contribution is 0.112. The molecule has 1 aromatic heterocycles. The van der Waals surface area contributed by atoms with Crippen molar-refractivity contribution < 1.29 is 9.18 Å². The van der Waals surface area contributed by atoms with Crippen molar-refractivity contribution in [1.82, 2.24) is 9.78 Å². The molecule has 0 atom stereocenters. The molecule has 98 valence electrons. The van der Waals surface area contributed by atoms with Gasteiger partial charge in [-0.25, -0.2) is 9.07 Å². The molecule has 19 heavy (non-hydrogen) atoms. The van der Waals surface area contributed by atoms with Gasteiger partial charge < -0.3 is 0 Å². The van der Waals surface area contributed by atoms with Crippen LogP contribution in [-0.2, 0) is 6.54 Å². The van der Waals surface area contributed by atoms with Gasteiger partial charge in [-0.15, -0.1) is 0 Å².